The van der Waals surface area contributed by atoms with Crippen molar-refractivity contribution in [2.24, 2.45) is 5.84 Å². The van der Waals surface area contributed by atoms with E-state index in [0.29, 0.717) is 18.4 Å². The Bertz CT molecular complexity index is 502. The van der Waals surface area contributed by atoms with Gasteiger partial charge in [0.05, 0.1) is 12.0 Å². The van der Waals surface area contributed by atoms with Crippen LogP contribution < -0.4 is 16.0 Å². The van der Waals surface area contributed by atoms with E-state index in [9.17, 15) is 0 Å². The number of aromatic nitrogens is 2. The van der Waals surface area contributed by atoms with Crippen molar-refractivity contribution in [3.05, 3.63) is 11.4 Å². The fourth-order valence-electron chi connectivity index (χ4n) is 1.44. The first-order valence-corrected chi connectivity index (χ1v) is 6.00. The number of hydrazine groups is 1. The van der Waals surface area contributed by atoms with Gasteiger partial charge in [0.2, 0.25) is 11.8 Å². The zero-order valence-electron chi connectivity index (χ0n) is 9.64. The highest BCUT2D eigenvalue weighted by molar-refractivity contribution is 7.16. The lowest BCUT2D eigenvalue weighted by molar-refractivity contribution is 0.0902. The molecule has 2 aromatic heterocycles. The Labute approximate surface area is 103 Å². The number of rotatable bonds is 5. The number of anilines is 1. The number of fused-ring (bicyclic) bond motifs is 1. The summed E-state index contributed by atoms with van der Waals surface area (Å²) in [5.74, 6) is 6.19. The Hall–Kier alpha value is -1.44. The smallest absolute Gasteiger partial charge is 0.241 e. The largest absolute Gasteiger partial charge is 0.472 e. The van der Waals surface area contributed by atoms with Gasteiger partial charge in [0, 0.05) is 7.11 Å². The second-order valence-electron chi connectivity index (χ2n) is 3.52. The molecule has 3 N–H and O–H groups in total. The van der Waals surface area contributed by atoms with Gasteiger partial charge in [-0.25, -0.2) is 10.8 Å². The Balaban J connectivity index is 2.33. The van der Waals surface area contributed by atoms with Crippen LogP contribution in [-0.4, -0.2) is 29.8 Å². The first-order chi connectivity index (χ1) is 8.24. The summed E-state index contributed by atoms with van der Waals surface area (Å²) in [4.78, 5) is 9.26. The molecule has 0 aliphatic carbocycles. The summed E-state index contributed by atoms with van der Waals surface area (Å²) < 4.78 is 10.7. The minimum atomic E-state index is -0.0800. The number of methoxy groups -OCH3 is 1. The molecule has 2 rings (SSSR count). The van der Waals surface area contributed by atoms with Crippen LogP contribution in [-0.2, 0) is 4.74 Å². The molecule has 0 amide bonds. The van der Waals surface area contributed by atoms with Crippen LogP contribution in [0.2, 0.25) is 0 Å². The van der Waals surface area contributed by atoms with E-state index >= 15 is 0 Å². The van der Waals surface area contributed by atoms with Gasteiger partial charge in [0.15, 0.2) is 0 Å². The number of nitrogen functional groups attached to an aromatic ring is 1. The van der Waals surface area contributed by atoms with Crippen molar-refractivity contribution in [2.45, 2.75) is 13.0 Å². The van der Waals surface area contributed by atoms with Crippen LogP contribution in [0.5, 0.6) is 5.88 Å². The summed E-state index contributed by atoms with van der Waals surface area (Å²) >= 11 is 1.51. The van der Waals surface area contributed by atoms with Gasteiger partial charge < -0.3 is 9.47 Å². The third-order valence-electron chi connectivity index (χ3n) is 2.13. The van der Waals surface area contributed by atoms with Crippen LogP contribution in [0.4, 0.5) is 5.95 Å². The first-order valence-electron chi connectivity index (χ1n) is 5.12. The van der Waals surface area contributed by atoms with E-state index in [4.69, 9.17) is 15.3 Å². The van der Waals surface area contributed by atoms with E-state index in [2.05, 4.69) is 15.4 Å². The van der Waals surface area contributed by atoms with Crippen LogP contribution in [0.25, 0.3) is 10.2 Å². The second kappa shape index (κ2) is 5.26. The minimum absolute atomic E-state index is 0.0800. The van der Waals surface area contributed by atoms with Crippen LogP contribution >= 0.6 is 11.3 Å². The molecule has 0 radical (unpaired) electrons. The van der Waals surface area contributed by atoms with Crippen molar-refractivity contribution in [1.29, 1.82) is 0 Å². The summed E-state index contributed by atoms with van der Waals surface area (Å²) in [5.41, 5.74) is 2.43. The zero-order valence-corrected chi connectivity index (χ0v) is 10.5. The van der Waals surface area contributed by atoms with Gasteiger partial charge in [-0.15, -0.1) is 11.3 Å². The highest BCUT2D eigenvalue weighted by Gasteiger charge is 2.12. The molecule has 92 valence electrons. The third-order valence-corrected chi connectivity index (χ3v) is 2.94. The molecule has 0 fully saturated rings. The standard InChI is InChI=1S/C10H14N4O2S/c1-6(5-15-2)16-8-7-3-4-17-9(7)13-10(12-8)14-11/h3-4,6H,5,11H2,1-2H3,(H,12,13,14). The van der Waals surface area contributed by atoms with Crippen molar-refractivity contribution in [1.82, 2.24) is 9.97 Å². The van der Waals surface area contributed by atoms with Crippen molar-refractivity contribution >= 4 is 27.5 Å². The quantitative estimate of drug-likeness (QED) is 0.620. The maximum atomic E-state index is 5.70. The van der Waals surface area contributed by atoms with Gasteiger partial charge >= 0.3 is 0 Å². The maximum Gasteiger partial charge on any atom is 0.241 e. The maximum absolute atomic E-state index is 5.70. The number of nitrogens with two attached hydrogens (primary N) is 1. The molecule has 2 aromatic rings. The Kier molecular flexibility index (Phi) is 3.72. The van der Waals surface area contributed by atoms with E-state index in [1.54, 1.807) is 7.11 Å². The normalized spacial score (nSPS) is 12.6. The third kappa shape index (κ3) is 2.63. The van der Waals surface area contributed by atoms with Gasteiger partial charge in [-0.1, -0.05) is 0 Å². The fourth-order valence-corrected chi connectivity index (χ4v) is 2.20. The SMILES string of the molecule is COCC(C)Oc1nc(NN)nc2sccc12. The summed E-state index contributed by atoms with van der Waals surface area (Å²) in [7, 11) is 1.63. The topological polar surface area (TPSA) is 82.3 Å². The highest BCUT2D eigenvalue weighted by Crippen LogP contribution is 2.28. The molecule has 0 spiro atoms. The second-order valence-corrected chi connectivity index (χ2v) is 4.41. The Morgan fingerprint density at radius 1 is 1.53 bits per heavy atom. The van der Waals surface area contributed by atoms with Crippen molar-refractivity contribution in [3.8, 4) is 5.88 Å². The van der Waals surface area contributed by atoms with E-state index in [0.717, 1.165) is 10.2 Å². The molecular weight excluding hydrogens is 240 g/mol. The predicted molar refractivity (Wildman–Crippen MR) is 67.2 cm³/mol. The van der Waals surface area contributed by atoms with Gasteiger partial charge in [0.1, 0.15) is 10.9 Å². The Morgan fingerprint density at radius 2 is 2.35 bits per heavy atom. The molecule has 2 heterocycles. The molecular formula is C10H14N4O2S. The number of hydrogen-bond donors (Lipinski definition) is 2. The number of hydrogen-bond acceptors (Lipinski definition) is 7. The minimum Gasteiger partial charge on any atom is -0.472 e. The van der Waals surface area contributed by atoms with Gasteiger partial charge in [-0.05, 0) is 18.4 Å². The molecule has 0 bridgehead atoms. The molecule has 6 nitrogen and oxygen atoms in total. The molecule has 0 aliphatic heterocycles. The van der Waals surface area contributed by atoms with Gasteiger partial charge in [0.25, 0.3) is 0 Å². The van der Waals surface area contributed by atoms with Gasteiger partial charge in [-0.3, -0.25) is 5.43 Å². The number of nitrogens with one attached hydrogen (secondary N) is 1. The first kappa shape index (κ1) is 12.0. The number of nitrogens with zero attached hydrogens (tertiary/aromatic N) is 2. The zero-order chi connectivity index (χ0) is 12.3. The highest BCUT2D eigenvalue weighted by atomic mass is 32.1. The van der Waals surface area contributed by atoms with Crippen LogP contribution in [0, 0.1) is 0 Å². The average molecular weight is 254 g/mol. The van der Waals surface area contributed by atoms with Crippen molar-refractivity contribution in [3.63, 3.8) is 0 Å². The van der Waals surface area contributed by atoms with E-state index in [1.165, 1.54) is 11.3 Å². The summed E-state index contributed by atoms with van der Waals surface area (Å²) in [5, 5.41) is 2.82. The van der Waals surface area contributed by atoms with E-state index in [-0.39, 0.29) is 6.10 Å². The summed E-state index contributed by atoms with van der Waals surface area (Å²) in [6.45, 7) is 2.42. The average Bonchev–Trinajstić information content (AvgIpc) is 2.77. The van der Waals surface area contributed by atoms with Crippen LogP contribution in [0.3, 0.4) is 0 Å². The molecule has 1 unspecified atom stereocenters. The summed E-state index contributed by atoms with van der Waals surface area (Å²) in [6, 6.07) is 1.93. The summed E-state index contributed by atoms with van der Waals surface area (Å²) in [6.07, 6.45) is -0.0800. The molecule has 0 aromatic carbocycles. The van der Waals surface area contributed by atoms with Crippen molar-refractivity contribution < 1.29 is 9.47 Å². The van der Waals surface area contributed by atoms with E-state index in [1.807, 2.05) is 18.4 Å². The molecule has 7 heteroatoms. The van der Waals surface area contributed by atoms with E-state index < -0.39 is 0 Å². The Morgan fingerprint density at radius 3 is 3.06 bits per heavy atom. The molecule has 0 saturated carbocycles. The molecule has 0 aliphatic rings. The molecule has 1 atom stereocenters. The number of thiophene rings is 1. The predicted octanol–water partition coefficient (Wildman–Crippen LogP) is 1.39. The van der Waals surface area contributed by atoms with Crippen LogP contribution in [0.15, 0.2) is 11.4 Å². The lowest BCUT2D eigenvalue weighted by Crippen LogP contribution is -2.19. The fraction of sp³-hybridized carbons (Fsp3) is 0.400. The van der Waals surface area contributed by atoms with Crippen LogP contribution in [0.1, 0.15) is 6.92 Å². The van der Waals surface area contributed by atoms with Gasteiger partial charge in [-0.2, -0.15) is 4.98 Å². The monoisotopic (exact) mass is 254 g/mol. The molecule has 17 heavy (non-hydrogen) atoms. The lowest BCUT2D eigenvalue weighted by atomic mass is 10.4. The molecule has 0 saturated heterocycles. The lowest BCUT2D eigenvalue weighted by Gasteiger charge is -2.13. The number of ether oxygens (including phenoxy) is 2. The van der Waals surface area contributed by atoms with Crippen molar-refractivity contribution in [2.75, 3.05) is 19.1 Å².